The van der Waals surface area contributed by atoms with Crippen molar-refractivity contribution in [2.75, 3.05) is 7.11 Å². The predicted molar refractivity (Wildman–Crippen MR) is 55.2 cm³/mol. The number of carbonyl (C=O) groups excluding carboxylic acids is 1. The highest BCUT2D eigenvalue weighted by molar-refractivity contribution is 9.10. The highest BCUT2D eigenvalue weighted by Gasteiger charge is 2.12. The Morgan fingerprint density at radius 1 is 1.57 bits per heavy atom. The van der Waals surface area contributed by atoms with Crippen LogP contribution in [0.4, 0.5) is 4.39 Å². The van der Waals surface area contributed by atoms with E-state index in [1.165, 1.54) is 25.3 Å². The lowest BCUT2D eigenvalue weighted by Crippen LogP contribution is -2.03. The smallest absolute Gasteiger partial charge is 0.337 e. The molecule has 0 aliphatic carbocycles. The van der Waals surface area contributed by atoms with E-state index in [0.29, 0.717) is 10.0 Å². The quantitative estimate of drug-likeness (QED) is 0.603. The van der Waals surface area contributed by atoms with Crippen LogP contribution in [0, 0.1) is 5.82 Å². The lowest BCUT2D eigenvalue weighted by Gasteiger charge is -2.05. The van der Waals surface area contributed by atoms with Gasteiger partial charge in [-0.3, -0.25) is 0 Å². The summed E-state index contributed by atoms with van der Waals surface area (Å²) in [6.45, 7) is 3.56. The van der Waals surface area contributed by atoms with Crippen molar-refractivity contribution in [1.29, 1.82) is 0 Å². The van der Waals surface area contributed by atoms with Gasteiger partial charge in [0.2, 0.25) is 0 Å². The Balaban J connectivity index is 3.08. The normalized spacial score (nSPS) is 9.64. The molecular formula is C10H8BrFO2. The summed E-state index contributed by atoms with van der Waals surface area (Å²) in [7, 11) is 1.27. The molecule has 1 rings (SSSR count). The number of hydrogen-bond donors (Lipinski definition) is 0. The molecule has 0 saturated carbocycles. The second-order valence-electron chi connectivity index (χ2n) is 2.59. The molecule has 14 heavy (non-hydrogen) atoms. The molecule has 1 aromatic carbocycles. The zero-order valence-electron chi connectivity index (χ0n) is 7.51. The highest BCUT2D eigenvalue weighted by atomic mass is 79.9. The fraction of sp³-hybridized carbons (Fsp3) is 0.100. The van der Waals surface area contributed by atoms with E-state index in [0.717, 1.165) is 0 Å². The number of halogens is 2. The Kier molecular flexibility index (Phi) is 3.41. The number of esters is 1. The Labute approximate surface area is 89.5 Å². The summed E-state index contributed by atoms with van der Waals surface area (Å²) in [5, 5.41) is 0. The molecule has 74 valence electrons. The first-order valence-corrected chi connectivity index (χ1v) is 4.58. The molecular weight excluding hydrogens is 251 g/mol. The molecule has 0 saturated heterocycles. The third kappa shape index (κ3) is 2.20. The average molecular weight is 259 g/mol. The van der Waals surface area contributed by atoms with Crippen LogP contribution in [0.5, 0.6) is 0 Å². The van der Waals surface area contributed by atoms with Crippen LogP contribution in [-0.4, -0.2) is 13.1 Å². The zero-order valence-corrected chi connectivity index (χ0v) is 9.10. The van der Waals surface area contributed by atoms with Crippen molar-refractivity contribution in [3.63, 3.8) is 0 Å². The summed E-state index contributed by atoms with van der Waals surface area (Å²) < 4.78 is 17.7. The van der Waals surface area contributed by atoms with Gasteiger partial charge in [-0.05, 0) is 12.1 Å². The summed E-state index contributed by atoms with van der Waals surface area (Å²) in [5.41, 5.74) is 0.720. The number of carbonyl (C=O) groups is 1. The first-order valence-electron chi connectivity index (χ1n) is 3.79. The average Bonchev–Trinajstić information content (AvgIpc) is 2.15. The Hall–Kier alpha value is -1.16. The van der Waals surface area contributed by atoms with Gasteiger partial charge in [-0.1, -0.05) is 28.6 Å². The van der Waals surface area contributed by atoms with E-state index in [9.17, 15) is 9.18 Å². The van der Waals surface area contributed by atoms with Crippen molar-refractivity contribution >= 4 is 27.5 Å². The lowest BCUT2D eigenvalue weighted by atomic mass is 10.1. The molecule has 0 aliphatic rings. The number of rotatable bonds is 2. The number of benzene rings is 1. The largest absolute Gasteiger partial charge is 0.465 e. The molecule has 0 aromatic heterocycles. The van der Waals surface area contributed by atoms with Gasteiger partial charge in [0, 0.05) is 10.0 Å². The van der Waals surface area contributed by atoms with Crippen LogP contribution in [0.3, 0.4) is 0 Å². The standard InChI is InChI=1S/C10H8BrFO2/c1-6(10(13)14-2)8-4-3-7(12)5-9(8)11/h3-5H,1H2,2H3. The van der Waals surface area contributed by atoms with Crippen molar-refractivity contribution in [2.45, 2.75) is 0 Å². The number of ether oxygens (including phenoxy) is 1. The Morgan fingerprint density at radius 2 is 2.21 bits per heavy atom. The lowest BCUT2D eigenvalue weighted by molar-refractivity contribution is -0.133. The maximum Gasteiger partial charge on any atom is 0.337 e. The van der Waals surface area contributed by atoms with Crippen LogP contribution < -0.4 is 0 Å². The molecule has 4 heteroatoms. The molecule has 0 radical (unpaired) electrons. The van der Waals surface area contributed by atoms with Gasteiger partial charge in [-0.15, -0.1) is 0 Å². The van der Waals surface area contributed by atoms with Crippen molar-refractivity contribution in [3.05, 3.63) is 40.6 Å². The van der Waals surface area contributed by atoms with Crippen molar-refractivity contribution in [1.82, 2.24) is 0 Å². The van der Waals surface area contributed by atoms with Crippen LogP contribution >= 0.6 is 15.9 Å². The monoisotopic (exact) mass is 258 g/mol. The van der Waals surface area contributed by atoms with Gasteiger partial charge in [0.1, 0.15) is 5.82 Å². The summed E-state index contributed by atoms with van der Waals surface area (Å²) in [6, 6.07) is 4.00. The third-order valence-electron chi connectivity index (χ3n) is 1.69. The molecule has 0 aliphatic heterocycles. The minimum atomic E-state index is -0.530. The van der Waals surface area contributed by atoms with Crippen molar-refractivity contribution < 1.29 is 13.9 Å². The van der Waals surface area contributed by atoms with E-state index in [1.54, 1.807) is 0 Å². The summed E-state index contributed by atoms with van der Waals surface area (Å²) >= 11 is 3.14. The predicted octanol–water partition coefficient (Wildman–Crippen LogP) is 2.77. The van der Waals surface area contributed by atoms with Gasteiger partial charge in [0.05, 0.1) is 12.7 Å². The third-order valence-corrected chi connectivity index (χ3v) is 2.34. The molecule has 0 bridgehead atoms. The molecule has 0 spiro atoms. The first-order chi connectivity index (χ1) is 6.56. The van der Waals surface area contributed by atoms with Gasteiger partial charge in [0.25, 0.3) is 0 Å². The van der Waals surface area contributed by atoms with Crippen LogP contribution in [0.2, 0.25) is 0 Å². The van der Waals surface area contributed by atoms with E-state index in [4.69, 9.17) is 0 Å². The minimum Gasteiger partial charge on any atom is -0.465 e. The molecule has 1 aromatic rings. The van der Waals surface area contributed by atoms with E-state index >= 15 is 0 Å². The SMILES string of the molecule is C=C(C(=O)OC)c1ccc(F)cc1Br. The van der Waals surface area contributed by atoms with Gasteiger partial charge in [-0.2, -0.15) is 0 Å². The summed E-state index contributed by atoms with van der Waals surface area (Å²) in [4.78, 5) is 11.1. The molecule has 0 N–H and O–H groups in total. The maximum absolute atomic E-state index is 12.7. The van der Waals surface area contributed by atoms with Crippen molar-refractivity contribution in [2.24, 2.45) is 0 Å². The van der Waals surface area contributed by atoms with Crippen molar-refractivity contribution in [3.8, 4) is 0 Å². The molecule has 0 heterocycles. The molecule has 0 amide bonds. The second-order valence-corrected chi connectivity index (χ2v) is 3.45. The summed E-state index contributed by atoms with van der Waals surface area (Å²) in [5.74, 6) is -0.907. The fourth-order valence-electron chi connectivity index (χ4n) is 0.967. The fourth-order valence-corrected chi connectivity index (χ4v) is 1.56. The van der Waals surface area contributed by atoms with E-state index in [1.807, 2.05) is 0 Å². The van der Waals surface area contributed by atoms with Gasteiger partial charge < -0.3 is 4.74 Å². The van der Waals surface area contributed by atoms with Gasteiger partial charge in [0.15, 0.2) is 0 Å². The second kappa shape index (κ2) is 4.37. The van der Waals surface area contributed by atoms with Gasteiger partial charge in [-0.25, -0.2) is 9.18 Å². The summed E-state index contributed by atoms with van der Waals surface area (Å²) in [6.07, 6.45) is 0. The van der Waals surface area contributed by atoms with Crippen LogP contribution in [-0.2, 0) is 9.53 Å². The van der Waals surface area contributed by atoms with E-state index < -0.39 is 5.97 Å². The highest BCUT2D eigenvalue weighted by Crippen LogP contribution is 2.24. The van der Waals surface area contributed by atoms with Crippen LogP contribution in [0.25, 0.3) is 5.57 Å². The van der Waals surface area contributed by atoms with E-state index in [-0.39, 0.29) is 11.4 Å². The molecule has 0 fully saturated rings. The Morgan fingerprint density at radius 3 is 2.71 bits per heavy atom. The molecule has 2 nitrogen and oxygen atoms in total. The zero-order chi connectivity index (χ0) is 10.7. The number of methoxy groups -OCH3 is 1. The Bertz CT molecular complexity index is 388. The maximum atomic E-state index is 12.7. The van der Waals surface area contributed by atoms with Crippen LogP contribution in [0.1, 0.15) is 5.56 Å². The number of hydrogen-bond acceptors (Lipinski definition) is 2. The first kappa shape index (κ1) is 10.9. The van der Waals surface area contributed by atoms with Crippen LogP contribution in [0.15, 0.2) is 29.3 Å². The molecule has 0 atom stereocenters. The minimum absolute atomic E-state index is 0.194. The van der Waals surface area contributed by atoms with Gasteiger partial charge >= 0.3 is 5.97 Å². The topological polar surface area (TPSA) is 26.3 Å². The van der Waals surface area contributed by atoms with E-state index in [2.05, 4.69) is 27.2 Å². The molecule has 0 unspecified atom stereocenters.